The lowest BCUT2D eigenvalue weighted by Crippen LogP contribution is -2.47. The molecule has 0 radical (unpaired) electrons. The van der Waals surface area contributed by atoms with Crippen LogP contribution in [0.25, 0.3) is 0 Å². The first-order valence-corrected chi connectivity index (χ1v) is 6.92. The Hall–Kier alpha value is -0.0800. The molecule has 1 saturated carbocycles. The van der Waals surface area contributed by atoms with Gasteiger partial charge in [-0.15, -0.1) is 0 Å². The van der Waals surface area contributed by atoms with Gasteiger partial charge in [-0.3, -0.25) is 0 Å². The van der Waals surface area contributed by atoms with E-state index in [9.17, 15) is 5.11 Å². The average molecular weight is 227 g/mol. The fourth-order valence-electron chi connectivity index (χ4n) is 2.75. The number of rotatable bonds is 6. The predicted octanol–water partition coefficient (Wildman–Crippen LogP) is 3.10. The van der Waals surface area contributed by atoms with Gasteiger partial charge in [-0.1, -0.05) is 32.1 Å². The Morgan fingerprint density at radius 2 is 1.88 bits per heavy atom. The molecule has 96 valence electrons. The van der Waals surface area contributed by atoms with Gasteiger partial charge in [0.1, 0.15) is 0 Å². The number of aliphatic hydroxyl groups is 1. The minimum absolute atomic E-state index is 0.133. The van der Waals surface area contributed by atoms with Gasteiger partial charge in [0.2, 0.25) is 0 Å². The first-order chi connectivity index (χ1) is 7.53. The second kappa shape index (κ2) is 6.61. The van der Waals surface area contributed by atoms with Crippen LogP contribution in [0, 0.1) is 5.92 Å². The second-order valence-corrected chi connectivity index (χ2v) is 6.17. The van der Waals surface area contributed by atoms with Crippen LogP contribution < -0.4 is 5.32 Å². The molecule has 0 saturated heterocycles. The third-order valence-corrected chi connectivity index (χ3v) is 3.77. The van der Waals surface area contributed by atoms with E-state index in [-0.39, 0.29) is 12.1 Å². The quantitative estimate of drug-likeness (QED) is 0.731. The standard InChI is InChI=1S/C14H29NO/c1-12(15-14(2,3)11-16)9-10-13-7-5-4-6-8-13/h12-13,15-16H,4-11H2,1-3H3. The van der Waals surface area contributed by atoms with Crippen molar-refractivity contribution >= 4 is 0 Å². The Balaban J connectivity index is 2.16. The highest BCUT2D eigenvalue weighted by atomic mass is 16.3. The third kappa shape index (κ3) is 5.31. The molecule has 2 heteroatoms. The molecule has 1 aliphatic carbocycles. The van der Waals surface area contributed by atoms with E-state index >= 15 is 0 Å². The van der Waals surface area contributed by atoms with Crippen LogP contribution in [-0.2, 0) is 0 Å². The van der Waals surface area contributed by atoms with E-state index in [1.165, 1.54) is 44.9 Å². The molecular formula is C14H29NO. The van der Waals surface area contributed by atoms with Gasteiger partial charge in [0.15, 0.2) is 0 Å². The lowest BCUT2D eigenvalue weighted by Gasteiger charge is -2.29. The molecule has 1 aliphatic rings. The minimum atomic E-state index is -0.133. The van der Waals surface area contributed by atoms with Crippen molar-refractivity contribution in [2.24, 2.45) is 5.92 Å². The maximum Gasteiger partial charge on any atom is 0.0607 e. The summed E-state index contributed by atoms with van der Waals surface area (Å²) in [6, 6.07) is 0.518. The highest BCUT2D eigenvalue weighted by Gasteiger charge is 2.20. The number of nitrogens with one attached hydrogen (secondary N) is 1. The smallest absolute Gasteiger partial charge is 0.0607 e. The summed E-state index contributed by atoms with van der Waals surface area (Å²) in [5.74, 6) is 0.968. The van der Waals surface area contributed by atoms with E-state index in [4.69, 9.17) is 0 Å². The molecule has 2 N–H and O–H groups in total. The van der Waals surface area contributed by atoms with Crippen molar-refractivity contribution in [3.63, 3.8) is 0 Å². The van der Waals surface area contributed by atoms with E-state index in [0.717, 1.165) is 5.92 Å². The van der Waals surface area contributed by atoms with Crippen molar-refractivity contribution < 1.29 is 5.11 Å². The van der Waals surface area contributed by atoms with E-state index in [2.05, 4.69) is 26.1 Å². The maximum absolute atomic E-state index is 9.20. The monoisotopic (exact) mass is 227 g/mol. The van der Waals surface area contributed by atoms with Crippen molar-refractivity contribution in [2.75, 3.05) is 6.61 Å². The van der Waals surface area contributed by atoms with Crippen LogP contribution in [0.1, 0.15) is 65.7 Å². The molecule has 0 aliphatic heterocycles. The highest BCUT2D eigenvalue weighted by molar-refractivity contribution is 4.80. The Labute approximate surface area is 101 Å². The van der Waals surface area contributed by atoms with Gasteiger partial charge in [0, 0.05) is 11.6 Å². The van der Waals surface area contributed by atoms with E-state index in [1.807, 2.05) is 0 Å². The number of hydrogen-bond acceptors (Lipinski definition) is 2. The molecule has 0 aromatic carbocycles. The minimum Gasteiger partial charge on any atom is -0.394 e. The van der Waals surface area contributed by atoms with Crippen molar-refractivity contribution in [1.82, 2.24) is 5.32 Å². The van der Waals surface area contributed by atoms with Crippen LogP contribution in [0.4, 0.5) is 0 Å². The molecule has 0 amide bonds. The number of aliphatic hydroxyl groups excluding tert-OH is 1. The second-order valence-electron chi connectivity index (χ2n) is 6.17. The van der Waals surface area contributed by atoms with Gasteiger partial charge >= 0.3 is 0 Å². The van der Waals surface area contributed by atoms with Crippen molar-refractivity contribution in [3.05, 3.63) is 0 Å². The maximum atomic E-state index is 9.20. The summed E-state index contributed by atoms with van der Waals surface area (Å²) >= 11 is 0. The lowest BCUT2D eigenvalue weighted by atomic mass is 9.85. The third-order valence-electron chi connectivity index (χ3n) is 3.77. The average Bonchev–Trinajstić information content (AvgIpc) is 2.27. The summed E-state index contributed by atoms with van der Waals surface area (Å²) in [5, 5.41) is 12.7. The van der Waals surface area contributed by atoms with Crippen molar-refractivity contribution in [1.29, 1.82) is 0 Å². The van der Waals surface area contributed by atoms with Gasteiger partial charge in [0.05, 0.1) is 6.61 Å². The van der Waals surface area contributed by atoms with Crippen LogP contribution in [0.5, 0.6) is 0 Å². The fraction of sp³-hybridized carbons (Fsp3) is 1.00. The van der Waals surface area contributed by atoms with Crippen LogP contribution in [0.2, 0.25) is 0 Å². The lowest BCUT2D eigenvalue weighted by molar-refractivity contribution is 0.172. The largest absolute Gasteiger partial charge is 0.394 e. The summed E-state index contributed by atoms with van der Waals surface area (Å²) in [6.45, 7) is 6.56. The van der Waals surface area contributed by atoms with Gasteiger partial charge in [-0.25, -0.2) is 0 Å². The van der Waals surface area contributed by atoms with Gasteiger partial charge < -0.3 is 10.4 Å². The zero-order chi connectivity index (χ0) is 12.0. The van der Waals surface area contributed by atoms with Gasteiger partial charge in [-0.05, 0) is 39.5 Å². The zero-order valence-electron chi connectivity index (χ0n) is 11.3. The van der Waals surface area contributed by atoms with E-state index in [1.54, 1.807) is 0 Å². The molecule has 1 fully saturated rings. The molecule has 0 heterocycles. The summed E-state index contributed by atoms with van der Waals surface area (Å²) < 4.78 is 0. The number of hydrogen-bond donors (Lipinski definition) is 2. The van der Waals surface area contributed by atoms with Crippen LogP contribution in [-0.4, -0.2) is 23.3 Å². The Kier molecular flexibility index (Phi) is 5.77. The highest BCUT2D eigenvalue weighted by Crippen LogP contribution is 2.27. The molecular weight excluding hydrogens is 198 g/mol. The fourth-order valence-corrected chi connectivity index (χ4v) is 2.75. The predicted molar refractivity (Wildman–Crippen MR) is 69.6 cm³/mol. The first-order valence-electron chi connectivity index (χ1n) is 6.92. The van der Waals surface area contributed by atoms with Crippen molar-refractivity contribution in [2.45, 2.75) is 77.3 Å². The summed E-state index contributed by atoms with van der Waals surface area (Å²) in [7, 11) is 0. The van der Waals surface area contributed by atoms with Crippen LogP contribution >= 0.6 is 0 Å². The Morgan fingerprint density at radius 3 is 2.44 bits per heavy atom. The zero-order valence-corrected chi connectivity index (χ0v) is 11.3. The Bertz CT molecular complexity index is 185. The Morgan fingerprint density at radius 1 is 1.25 bits per heavy atom. The van der Waals surface area contributed by atoms with Crippen molar-refractivity contribution in [3.8, 4) is 0 Å². The normalized spacial score (nSPS) is 21.0. The molecule has 2 nitrogen and oxygen atoms in total. The molecule has 0 bridgehead atoms. The topological polar surface area (TPSA) is 32.3 Å². The van der Waals surface area contributed by atoms with E-state index in [0.29, 0.717) is 6.04 Å². The summed E-state index contributed by atoms with van der Waals surface area (Å²) in [5.41, 5.74) is -0.133. The molecule has 0 aromatic rings. The summed E-state index contributed by atoms with van der Waals surface area (Å²) in [6.07, 6.45) is 9.81. The molecule has 0 aromatic heterocycles. The SMILES string of the molecule is CC(CCC1CCCCC1)NC(C)(C)CO. The van der Waals surface area contributed by atoms with Crippen LogP contribution in [0.15, 0.2) is 0 Å². The molecule has 16 heavy (non-hydrogen) atoms. The molecule has 1 atom stereocenters. The summed E-state index contributed by atoms with van der Waals surface area (Å²) in [4.78, 5) is 0. The van der Waals surface area contributed by atoms with Crippen LogP contribution in [0.3, 0.4) is 0 Å². The molecule has 1 rings (SSSR count). The van der Waals surface area contributed by atoms with E-state index < -0.39 is 0 Å². The molecule has 1 unspecified atom stereocenters. The van der Waals surface area contributed by atoms with Gasteiger partial charge in [-0.2, -0.15) is 0 Å². The molecule has 0 spiro atoms. The van der Waals surface area contributed by atoms with Gasteiger partial charge in [0.25, 0.3) is 0 Å². The first kappa shape index (κ1) is 14.0.